The van der Waals surface area contributed by atoms with Crippen molar-refractivity contribution in [2.45, 2.75) is 38.9 Å². The first-order chi connectivity index (χ1) is 9.65. The smallest absolute Gasteiger partial charge is 0.317 e. The van der Waals surface area contributed by atoms with Crippen LogP contribution in [0.4, 0.5) is 4.79 Å². The molecule has 1 N–H and O–H groups in total. The van der Waals surface area contributed by atoms with Gasteiger partial charge >= 0.3 is 6.03 Å². The molecule has 0 saturated carbocycles. The number of likely N-dealkylation sites (tertiary alicyclic amines) is 1. The Labute approximate surface area is 121 Å². The Morgan fingerprint density at radius 3 is 2.55 bits per heavy atom. The first-order valence-electron chi connectivity index (χ1n) is 7.91. The standard InChI is InChI=1S/C15H26N2O3/c1-10(2)9-19-6-5-16-15(18)17-7-11-12(8-17)14-4-3-13(11)20-14/h10-14H,3-9H2,1-2H3,(H,16,18). The Kier molecular flexibility index (Phi) is 4.17. The Balaban J connectivity index is 1.37. The third-order valence-corrected chi connectivity index (χ3v) is 4.71. The quantitative estimate of drug-likeness (QED) is 0.777. The molecule has 3 fully saturated rings. The van der Waals surface area contributed by atoms with Crippen LogP contribution in [0.25, 0.3) is 0 Å². The van der Waals surface area contributed by atoms with Gasteiger partial charge in [0.1, 0.15) is 0 Å². The van der Waals surface area contributed by atoms with E-state index in [1.165, 1.54) is 12.8 Å². The van der Waals surface area contributed by atoms with Crippen molar-refractivity contribution >= 4 is 6.03 Å². The maximum Gasteiger partial charge on any atom is 0.317 e. The lowest BCUT2D eigenvalue weighted by Gasteiger charge is -2.19. The molecule has 4 atom stereocenters. The lowest BCUT2D eigenvalue weighted by atomic mass is 9.82. The van der Waals surface area contributed by atoms with Gasteiger partial charge in [-0.1, -0.05) is 13.8 Å². The van der Waals surface area contributed by atoms with Gasteiger partial charge < -0.3 is 19.7 Å². The van der Waals surface area contributed by atoms with Crippen LogP contribution in [-0.2, 0) is 9.47 Å². The van der Waals surface area contributed by atoms with Crippen molar-refractivity contribution in [2.75, 3.05) is 32.8 Å². The van der Waals surface area contributed by atoms with E-state index in [0.717, 1.165) is 19.7 Å². The van der Waals surface area contributed by atoms with E-state index in [1.807, 2.05) is 4.90 Å². The maximum atomic E-state index is 12.1. The van der Waals surface area contributed by atoms with Gasteiger partial charge in [0.15, 0.2) is 0 Å². The number of fused-ring (bicyclic) bond motifs is 5. The molecule has 3 rings (SSSR count). The van der Waals surface area contributed by atoms with Gasteiger partial charge in [-0.3, -0.25) is 0 Å². The van der Waals surface area contributed by atoms with Gasteiger partial charge in [-0.25, -0.2) is 4.79 Å². The second kappa shape index (κ2) is 5.90. The lowest BCUT2D eigenvalue weighted by Crippen LogP contribution is -2.41. The van der Waals surface area contributed by atoms with E-state index in [9.17, 15) is 4.79 Å². The number of ether oxygens (including phenoxy) is 2. The largest absolute Gasteiger partial charge is 0.379 e. The molecule has 3 aliphatic heterocycles. The molecule has 5 heteroatoms. The Morgan fingerprint density at radius 1 is 1.30 bits per heavy atom. The molecule has 2 bridgehead atoms. The molecule has 0 aliphatic carbocycles. The zero-order chi connectivity index (χ0) is 14.1. The van der Waals surface area contributed by atoms with E-state index in [-0.39, 0.29) is 6.03 Å². The van der Waals surface area contributed by atoms with Gasteiger partial charge in [-0.05, 0) is 18.8 Å². The van der Waals surface area contributed by atoms with E-state index in [1.54, 1.807) is 0 Å². The summed E-state index contributed by atoms with van der Waals surface area (Å²) in [6, 6.07) is 0.0620. The number of amides is 2. The predicted molar refractivity (Wildman–Crippen MR) is 75.5 cm³/mol. The van der Waals surface area contributed by atoms with Gasteiger partial charge in [-0.15, -0.1) is 0 Å². The summed E-state index contributed by atoms with van der Waals surface area (Å²) in [4.78, 5) is 14.1. The van der Waals surface area contributed by atoms with Crippen molar-refractivity contribution in [2.24, 2.45) is 17.8 Å². The van der Waals surface area contributed by atoms with Crippen LogP contribution in [0, 0.1) is 17.8 Å². The average Bonchev–Trinajstić information content (AvgIpc) is 3.09. The summed E-state index contributed by atoms with van der Waals surface area (Å²) >= 11 is 0. The Bertz CT molecular complexity index is 343. The topological polar surface area (TPSA) is 50.8 Å². The lowest BCUT2D eigenvalue weighted by molar-refractivity contribution is 0.0734. The molecule has 0 aromatic heterocycles. The number of rotatable bonds is 5. The van der Waals surface area contributed by atoms with Crippen LogP contribution < -0.4 is 5.32 Å². The van der Waals surface area contributed by atoms with E-state index in [2.05, 4.69) is 19.2 Å². The average molecular weight is 282 g/mol. The summed E-state index contributed by atoms with van der Waals surface area (Å²) in [5.74, 6) is 1.70. The molecule has 20 heavy (non-hydrogen) atoms. The number of nitrogens with one attached hydrogen (secondary N) is 1. The summed E-state index contributed by atoms with van der Waals surface area (Å²) in [7, 11) is 0. The summed E-state index contributed by atoms with van der Waals surface area (Å²) in [6.07, 6.45) is 3.20. The second-order valence-electron chi connectivity index (χ2n) is 6.72. The molecule has 2 amide bonds. The third-order valence-electron chi connectivity index (χ3n) is 4.71. The van der Waals surface area contributed by atoms with Crippen LogP contribution in [0.15, 0.2) is 0 Å². The third kappa shape index (κ3) is 2.79. The first-order valence-corrected chi connectivity index (χ1v) is 7.91. The summed E-state index contributed by atoms with van der Waals surface area (Å²) < 4.78 is 11.4. The molecule has 4 unspecified atom stereocenters. The van der Waals surface area contributed by atoms with Crippen LogP contribution in [0.2, 0.25) is 0 Å². The molecule has 3 heterocycles. The van der Waals surface area contributed by atoms with Crippen LogP contribution in [0.3, 0.4) is 0 Å². The van der Waals surface area contributed by atoms with Crippen LogP contribution in [-0.4, -0.2) is 56.0 Å². The summed E-state index contributed by atoms with van der Waals surface area (Å²) in [5.41, 5.74) is 0. The molecular formula is C15H26N2O3. The highest BCUT2D eigenvalue weighted by atomic mass is 16.5. The highest BCUT2D eigenvalue weighted by Crippen LogP contribution is 2.47. The molecule has 0 radical (unpaired) electrons. The molecule has 0 spiro atoms. The number of hydrogen-bond donors (Lipinski definition) is 1. The monoisotopic (exact) mass is 282 g/mol. The van der Waals surface area contributed by atoms with E-state index in [4.69, 9.17) is 9.47 Å². The minimum atomic E-state index is 0.0620. The van der Waals surface area contributed by atoms with Gasteiger partial charge in [0.25, 0.3) is 0 Å². The highest BCUT2D eigenvalue weighted by Gasteiger charge is 2.53. The predicted octanol–water partition coefficient (Wildman–Crippen LogP) is 1.48. The van der Waals surface area contributed by atoms with Gasteiger partial charge in [0.05, 0.1) is 18.8 Å². The summed E-state index contributed by atoms with van der Waals surface area (Å²) in [6.45, 7) is 7.93. The second-order valence-corrected chi connectivity index (χ2v) is 6.72. The fraction of sp³-hybridized carbons (Fsp3) is 0.933. The molecular weight excluding hydrogens is 256 g/mol. The van der Waals surface area contributed by atoms with Crippen molar-refractivity contribution in [3.8, 4) is 0 Å². The van der Waals surface area contributed by atoms with E-state index >= 15 is 0 Å². The fourth-order valence-electron chi connectivity index (χ4n) is 3.79. The zero-order valence-corrected chi connectivity index (χ0v) is 12.5. The molecule has 5 nitrogen and oxygen atoms in total. The number of nitrogens with zero attached hydrogens (tertiary/aromatic N) is 1. The maximum absolute atomic E-state index is 12.1. The van der Waals surface area contributed by atoms with Crippen LogP contribution in [0.5, 0.6) is 0 Å². The molecule has 0 aromatic carbocycles. The fourth-order valence-corrected chi connectivity index (χ4v) is 3.79. The van der Waals surface area contributed by atoms with Crippen LogP contribution >= 0.6 is 0 Å². The minimum Gasteiger partial charge on any atom is -0.379 e. The van der Waals surface area contributed by atoms with Crippen molar-refractivity contribution < 1.29 is 14.3 Å². The van der Waals surface area contributed by atoms with E-state index in [0.29, 0.717) is 43.1 Å². The number of carbonyl (C=O) groups excluding carboxylic acids is 1. The first kappa shape index (κ1) is 14.1. The number of carbonyl (C=O) groups is 1. The van der Waals surface area contributed by atoms with Gasteiger partial charge in [0.2, 0.25) is 0 Å². The molecule has 3 saturated heterocycles. The van der Waals surface area contributed by atoms with Gasteiger partial charge in [-0.2, -0.15) is 0 Å². The number of urea groups is 1. The number of hydrogen-bond acceptors (Lipinski definition) is 3. The van der Waals surface area contributed by atoms with Crippen molar-refractivity contribution in [3.63, 3.8) is 0 Å². The molecule has 114 valence electrons. The normalized spacial score (nSPS) is 34.9. The van der Waals surface area contributed by atoms with Crippen molar-refractivity contribution in [3.05, 3.63) is 0 Å². The van der Waals surface area contributed by atoms with Gasteiger partial charge in [0, 0.05) is 38.1 Å². The SMILES string of the molecule is CC(C)COCCNC(=O)N1CC2C3CCC(O3)C2C1. The Morgan fingerprint density at radius 2 is 1.95 bits per heavy atom. The summed E-state index contributed by atoms with van der Waals surface area (Å²) in [5, 5.41) is 2.96. The molecule has 0 aromatic rings. The van der Waals surface area contributed by atoms with Crippen molar-refractivity contribution in [1.29, 1.82) is 0 Å². The minimum absolute atomic E-state index is 0.0620. The zero-order valence-electron chi connectivity index (χ0n) is 12.5. The molecule has 3 aliphatic rings. The highest BCUT2D eigenvalue weighted by molar-refractivity contribution is 5.74. The Hall–Kier alpha value is -0.810. The van der Waals surface area contributed by atoms with Crippen molar-refractivity contribution in [1.82, 2.24) is 10.2 Å². The van der Waals surface area contributed by atoms with E-state index < -0.39 is 0 Å². The van der Waals surface area contributed by atoms with Crippen LogP contribution in [0.1, 0.15) is 26.7 Å².